The largest absolute Gasteiger partial charge is 0.334 e. The van der Waals surface area contributed by atoms with Crippen molar-refractivity contribution < 1.29 is 9.05 Å². The molecular weight excluding hydrogens is 380 g/mol. The summed E-state index contributed by atoms with van der Waals surface area (Å²) in [6, 6.07) is 0. The molecule has 0 aromatic carbocycles. The third-order valence-electron chi connectivity index (χ3n) is 7.35. The van der Waals surface area contributed by atoms with E-state index in [2.05, 4.69) is 48.0 Å². The van der Waals surface area contributed by atoms with E-state index >= 15 is 0 Å². The number of rotatable bonds is 3. The molecule has 0 radical (unpaired) electrons. The monoisotopic (exact) mass is 406 g/mol. The van der Waals surface area contributed by atoms with Crippen molar-refractivity contribution >= 4 is 6.08 Å². The molecule has 4 fully saturated rings. The van der Waals surface area contributed by atoms with Gasteiger partial charge in [0.15, 0.2) is 0 Å². The Morgan fingerprint density at radius 1 is 0.800 bits per heavy atom. The summed E-state index contributed by atoms with van der Waals surface area (Å²) in [5.41, 5.74) is 0.184. The Hall–Kier alpha value is -2.50. The highest BCUT2D eigenvalue weighted by atomic mass is 16.5. The predicted octanol–water partition coefficient (Wildman–Crippen LogP) is 2.74. The molecular formula is C22H26N6O2. The second-order valence-electron chi connectivity index (χ2n) is 8.99. The summed E-state index contributed by atoms with van der Waals surface area (Å²) < 4.78 is 10.7. The van der Waals surface area contributed by atoms with Gasteiger partial charge >= 0.3 is 5.89 Å². The van der Waals surface area contributed by atoms with E-state index in [0.29, 0.717) is 23.4 Å². The van der Waals surface area contributed by atoms with Crippen LogP contribution in [0.1, 0.15) is 63.1 Å². The van der Waals surface area contributed by atoms with E-state index in [1.807, 2.05) is 6.08 Å². The SMILES string of the molecule is C(#CC12CCCN1CCC2)c1nc(-c2noc(/C=C\C34CCCN3CCC4)n2)no1. The van der Waals surface area contributed by atoms with Crippen molar-refractivity contribution in [2.75, 3.05) is 26.2 Å². The van der Waals surface area contributed by atoms with Gasteiger partial charge in [-0.2, -0.15) is 9.97 Å². The quantitative estimate of drug-likeness (QED) is 0.720. The molecule has 156 valence electrons. The van der Waals surface area contributed by atoms with Crippen LogP contribution in [0, 0.1) is 11.8 Å². The molecule has 0 spiro atoms. The van der Waals surface area contributed by atoms with Crippen LogP contribution in [0.4, 0.5) is 0 Å². The van der Waals surface area contributed by atoms with Crippen molar-refractivity contribution in [3.63, 3.8) is 0 Å². The van der Waals surface area contributed by atoms with Crippen LogP contribution in [0.3, 0.4) is 0 Å². The molecule has 0 saturated carbocycles. The molecule has 2 aromatic heterocycles. The van der Waals surface area contributed by atoms with Crippen molar-refractivity contribution in [3.05, 3.63) is 17.9 Å². The maximum atomic E-state index is 5.40. The van der Waals surface area contributed by atoms with Crippen LogP contribution in [0.15, 0.2) is 15.1 Å². The Balaban J connectivity index is 1.18. The maximum absolute atomic E-state index is 5.40. The number of aromatic nitrogens is 4. The lowest BCUT2D eigenvalue weighted by molar-refractivity contribution is 0.251. The van der Waals surface area contributed by atoms with Gasteiger partial charge in [0, 0.05) is 11.6 Å². The van der Waals surface area contributed by atoms with E-state index < -0.39 is 0 Å². The second kappa shape index (κ2) is 7.03. The Morgan fingerprint density at radius 2 is 1.47 bits per heavy atom. The van der Waals surface area contributed by atoms with Crippen LogP contribution in [0.2, 0.25) is 0 Å². The standard InChI is InChI=1S/C22H26N6O2/c1-7-21(8-2-14-27(21)13-1)11-5-17-23-19(25-29-17)20-24-18(30-26-20)6-12-22-9-3-15-28(22)16-4-10-22/h5,11H,1-4,7-10,13-16H2/b11-5-. The number of hydrogen-bond donors (Lipinski definition) is 0. The van der Waals surface area contributed by atoms with E-state index in [4.69, 9.17) is 9.05 Å². The van der Waals surface area contributed by atoms with Gasteiger partial charge in [-0.1, -0.05) is 22.3 Å². The first kappa shape index (κ1) is 18.3. The number of fused-ring (bicyclic) bond motifs is 2. The lowest BCUT2D eigenvalue weighted by Crippen LogP contribution is -2.36. The topological polar surface area (TPSA) is 84.3 Å². The summed E-state index contributed by atoms with van der Waals surface area (Å²) >= 11 is 0. The molecule has 6 heterocycles. The summed E-state index contributed by atoms with van der Waals surface area (Å²) in [4.78, 5) is 13.9. The molecule has 0 atom stereocenters. The van der Waals surface area contributed by atoms with Gasteiger partial charge in [-0.15, -0.1) is 0 Å². The molecule has 4 saturated heterocycles. The van der Waals surface area contributed by atoms with E-state index in [9.17, 15) is 0 Å². The van der Waals surface area contributed by atoms with Crippen molar-refractivity contribution in [1.29, 1.82) is 0 Å². The number of hydrogen-bond acceptors (Lipinski definition) is 8. The zero-order chi connectivity index (χ0) is 20.0. The van der Waals surface area contributed by atoms with Gasteiger partial charge in [0.2, 0.25) is 11.6 Å². The van der Waals surface area contributed by atoms with Gasteiger partial charge in [0.05, 0.1) is 5.54 Å². The average Bonchev–Trinajstić information content (AvgIpc) is 3.55. The van der Waals surface area contributed by atoms with Crippen molar-refractivity contribution in [2.45, 2.75) is 62.4 Å². The van der Waals surface area contributed by atoms with E-state index in [1.165, 1.54) is 51.6 Å². The summed E-state index contributed by atoms with van der Waals surface area (Å²) in [5, 5.41) is 8.02. The predicted molar refractivity (Wildman–Crippen MR) is 109 cm³/mol. The highest BCUT2D eigenvalue weighted by molar-refractivity contribution is 5.48. The smallest absolute Gasteiger partial charge is 0.303 e. The fraction of sp³-hybridized carbons (Fsp3) is 0.636. The molecule has 4 aliphatic heterocycles. The first-order chi connectivity index (χ1) is 14.7. The first-order valence-corrected chi connectivity index (χ1v) is 11.2. The van der Waals surface area contributed by atoms with Crippen LogP contribution < -0.4 is 0 Å². The highest BCUT2D eigenvalue weighted by Crippen LogP contribution is 2.40. The zero-order valence-electron chi connectivity index (χ0n) is 17.1. The highest BCUT2D eigenvalue weighted by Gasteiger charge is 2.43. The Bertz CT molecular complexity index is 1010. The van der Waals surface area contributed by atoms with Gasteiger partial charge < -0.3 is 9.05 Å². The minimum absolute atomic E-state index is 0.00646. The molecule has 8 heteroatoms. The molecule has 8 nitrogen and oxygen atoms in total. The Kier molecular flexibility index (Phi) is 4.29. The van der Waals surface area contributed by atoms with Crippen LogP contribution in [0.5, 0.6) is 0 Å². The second-order valence-corrected chi connectivity index (χ2v) is 8.99. The van der Waals surface area contributed by atoms with Gasteiger partial charge in [-0.05, 0) is 83.5 Å². The lowest BCUT2D eigenvalue weighted by atomic mass is 9.93. The third kappa shape index (κ3) is 2.99. The zero-order valence-corrected chi connectivity index (χ0v) is 17.1. The average molecular weight is 406 g/mol. The lowest BCUT2D eigenvalue weighted by Gasteiger charge is -2.28. The van der Waals surface area contributed by atoms with Crippen molar-refractivity contribution in [2.24, 2.45) is 0 Å². The molecule has 4 aliphatic rings. The normalized spacial score (nSPS) is 24.9. The molecule has 0 aliphatic carbocycles. The number of nitrogens with zero attached hydrogens (tertiary/aromatic N) is 6. The van der Waals surface area contributed by atoms with Crippen LogP contribution >= 0.6 is 0 Å². The fourth-order valence-corrected chi connectivity index (χ4v) is 5.89. The van der Waals surface area contributed by atoms with Crippen LogP contribution in [-0.4, -0.2) is 67.3 Å². The summed E-state index contributed by atoms with van der Waals surface area (Å²) in [7, 11) is 0. The molecule has 0 N–H and O–H groups in total. The van der Waals surface area contributed by atoms with Crippen molar-refractivity contribution in [1.82, 2.24) is 30.1 Å². The van der Waals surface area contributed by atoms with Gasteiger partial charge in [0.25, 0.3) is 5.89 Å². The maximum Gasteiger partial charge on any atom is 0.303 e. The van der Waals surface area contributed by atoms with Gasteiger partial charge in [-0.25, -0.2) is 0 Å². The molecule has 0 amide bonds. The minimum Gasteiger partial charge on any atom is -0.334 e. The summed E-state index contributed by atoms with van der Waals surface area (Å²) in [6.07, 6.45) is 13.8. The van der Waals surface area contributed by atoms with Crippen LogP contribution in [-0.2, 0) is 0 Å². The Labute approximate surface area is 175 Å². The molecule has 0 unspecified atom stereocenters. The fourth-order valence-electron chi connectivity index (χ4n) is 5.89. The van der Waals surface area contributed by atoms with Gasteiger partial charge in [-0.3, -0.25) is 9.80 Å². The minimum atomic E-state index is 0.00646. The molecule has 30 heavy (non-hydrogen) atoms. The Morgan fingerprint density at radius 3 is 2.27 bits per heavy atom. The van der Waals surface area contributed by atoms with Crippen molar-refractivity contribution in [3.8, 4) is 23.5 Å². The summed E-state index contributed by atoms with van der Waals surface area (Å²) in [6.45, 7) is 4.65. The van der Waals surface area contributed by atoms with E-state index in [-0.39, 0.29) is 11.1 Å². The first-order valence-electron chi connectivity index (χ1n) is 11.2. The van der Waals surface area contributed by atoms with E-state index in [0.717, 1.165) is 25.9 Å². The molecule has 0 bridgehead atoms. The molecule has 2 aromatic rings. The van der Waals surface area contributed by atoms with Crippen LogP contribution in [0.25, 0.3) is 17.7 Å². The van der Waals surface area contributed by atoms with Gasteiger partial charge in [0.1, 0.15) is 0 Å². The summed E-state index contributed by atoms with van der Waals surface area (Å²) in [5.74, 6) is 7.95. The third-order valence-corrected chi connectivity index (χ3v) is 7.35. The molecule has 6 rings (SSSR count). The van der Waals surface area contributed by atoms with E-state index in [1.54, 1.807) is 0 Å².